The number of amides is 1. The maximum Gasteiger partial charge on any atom is 0.267 e. The predicted molar refractivity (Wildman–Crippen MR) is 136 cm³/mol. The molecule has 34 heavy (non-hydrogen) atoms. The lowest BCUT2D eigenvalue weighted by molar-refractivity contribution is 0.102. The van der Waals surface area contributed by atoms with Gasteiger partial charge in [0.1, 0.15) is 21.2 Å². The number of nitrogen functional groups attached to an aromatic ring is 1. The number of rotatable bonds is 7. The highest BCUT2D eigenvalue weighted by atomic mass is 32.1. The van der Waals surface area contributed by atoms with Gasteiger partial charge in [0.25, 0.3) is 5.91 Å². The number of hydrogen-bond acceptors (Lipinski definition) is 7. The van der Waals surface area contributed by atoms with Crippen LogP contribution in [0.25, 0.3) is 16.3 Å². The molecule has 0 spiro atoms. The van der Waals surface area contributed by atoms with E-state index in [4.69, 9.17) is 15.2 Å². The second-order valence-electron chi connectivity index (χ2n) is 7.48. The Morgan fingerprint density at radius 1 is 1.03 bits per heavy atom. The molecule has 0 fully saturated rings. The first kappa shape index (κ1) is 23.0. The number of nitrogens with one attached hydrogen (secondary N) is 1. The highest BCUT2D eigenvalue weighted by molar-refractivity contribution is 7.21. The van der Waals surface area contributed by atoms with Crippen molar-refractivity contribution in [3.63, 3.8) is 0 Å². The number of fused-ring (bicyclic) bond motifs is 1. The number of aryl methyl sites for hydroxylation is 1. The minimum atomic E-state index is -0.339. The van der Waals surface area contributed by atoms with Crippen LogP contribution >= 0.6 is 11.3 Å². The van der Waals surface area contributed by atoms with E-state index in [0.29, 0.717) is 49.2 Å². The molecular formula is C26H23N3O4S. The average molecular weight is 474 g/mol. The summed E-state index contributed by atoms with van der Waals surface area (Å²) in [6.45, 7) is 1.76. The fraction of sp³-hybridized carbons (Fsp3) is 0.115. The molecule has 4 rings (SSSR count). The van der Waals surface area contributed by atoms with E-state index in [9.17, 15) is 9.59 Å². The molecule has 0 saturated heterocycles. The minimum absolute atomic E-state index is 0.204. The molecule has 172 valence electrons. The van der Waals surface area contributed by atoms with Crippen molar-refractivity contribution in [2.24, 2.45) is 0 Å². The Labute approximate surface area is 200 Å². The van der Waals surface area contributed by atoms with Gasteiger partial charge in [-0.2, -0.15) is 0 Å². The van der Waals surface area contributed by atoms with Crippen molar-refractivity contribution in [2.45, 2.75) is 6.92 Å². The van der Waals surface area contributed by atoms with E-state index in [-0.39, 0.29) is 11.7 Å². The van der Waals surface area contributed by atoms with Gasteiger partial charge >= 0.3 is 0 Å². The number of ketones is 1. The van der Waals surface area contributed by atoms with E-state index in [0.717, 1.165) is 5.56 Å². The number of anilines is 2. The fourth-order valence-electron chi connectivity index (χ4n) is 3.42. The summed E-state index contributed by atoms with van der Waals surface area (Å²) in [7, 11) is 3.17. The van der Waals surface area contributed by atoms with Crippen LogP contribution in [0.5, 0.6) is 11.5 Å². The van der Waals surface area contributed by atoms with E-state index >= 15 is 0 Å². The van der Waals surface area contributed by atoms with E-state index in [1.54, 1.807) is 57.6 Å². The Bertz CT molecular complexity index is 1410. The normalized spacial score (nSPS) is 11.0. The number of carbonyl (C=O) groups excluding carboxylic acids is 2. The first-order chi connectivity index (χ1) is 16.4. The number of methoxy groups -OCH3 is 2. The zero-order chi connectivity index (χ0) is 24.2. The maximum absolute atomic E-state index is 12.9. The third kappa shape index (κ3) is 4.77. The van der Waals surface area contributed by atoms with Crippen molar-refractivity contribution in [1.29, 1.82) is 0 Å². The van der Waals surface area contributed by atoms with Crippen LogP contribution in [0.1, 0.15) is 31.3 Å². The van der Waals surface area contributed by atoms with Gasteiger partial charge in [-0.05, 0) is 61.0 Å². The third-order valence-corrected chi connectivity index (χ3v) is 6.37. The molecule has 0 aliphatic carbocycles. The molecule has 0 aliphatic heterocycles. The number of nitrogens with zero attached hydrogens (tertiary/aromatic N) is 1. The van der Waals surface area contributed by atoms with E-state index in [1.807, 2.05) is 24.3 Å². The quantitative estimate of drug-likeness (QED) is 0.277. The molecule has 3 N–H and O–H groups in total. The zero-order valence-electron chi connectivity index (χ0n) is 18.9. The lowest BCUT2D eigenvalue weighted by Gasteiger charge is -2.05. The first-order valence-electron chi connectivity index (χ1n) is 10.4. The molecule has 2 heterocycles. The largest absolute Gasteiger partial charge is 0.497 e. The predicted octanol–water partition coefficient (Wildman–Crippen LogP) is 5.35. The van der Waals surface area contributed by atoms with Gasteiger partial charge in [-0.1, -0.05) is 18.2 Å². The molecule has 1 amide bonds. The number of allylic oxidation sites excluding steroid dienone is 1. The Hall–Kier alpha value is -4.17. The lowest BCUT2D eigenvalue weighted by Crippen LogP contribution is -2.11. The van der Waals surface area contributed by atoms with Crippen molar-refractivity contribution in [2.75, 3.05) is 25.3 Å². The van der Waals surface area contributed by atoms with Crippen molar-refractivity contribution in [1.82, 2.24) is 4.98 Å². The molecular weight excluding hydrogens is 450 g/mol. The van der Waals surface area contributed by atoms with Crippen LogP contribution in [0.2, 0.25) is 0 Å². The summed E-state index contributed by atoms with van der Waals surface area (Å²) in [5.74, 6) is 0.857. The topological polar surface area (TPSA) is 104 Å². The summed E-state index contributed by atoms with van der Waals surface area (Å²) in [6, 6.07) is 16.1. The molecule has 0 unspecified atom stereocenters. The molecule has 0 radical (unpaired) electrons. The average Bonchev–Trinajstić information content (AvgIpc) is 3.17. The summed E-state index contributed by atoms with van der Waals surface area (Å²) < 4.78 is 10.4. The van der Waals surface area contributed by atoms with Crippen LogP contribution in [0.4, 0.5) is 11.4 Å². The van der Waals surface area contributed by atoms with Gasteiger partial charge in [0.15, 0.2) is 5.78 Å². The van der Waals surface area contributed by atoms with Gasteiger partial charge in [-0.25, -0.2) is 4.98 Å². The fourth-order valence-corrected chi connectivity index (χ4v) is 4.43. The Morgan fingerprint density at radius 2 is 1.76 bits per heavy atom. The van der Waals surface area contributed by atoms with Crippen LogP contribution in [0.3, 0.4) is 0 Å². The van der Waals surface area contributed by atoms with Crippen LogP contribution in [0.15, 0.2) is 60.7 Å². The van der Waals surface area contributed by atoms with Crippen molar-refractivity contribution < 1.29 is 19.1 Å². The Morgan fingerprint density at radius 3 is 2.47 bits per heavy atom. The molecule has 4 aromatic rings. The molecule has 8 heteroatoms. The Kier molecular flexibility index (Phi) is 6.60. The minimum Gasteiger partial charge on any atom is -0.497 e. The van der Waals surface area contributed by atoms with E-state index < -0.39 is 0 Å². The van der Waals surface area contributed by atoms with Crippen LogP contribution < -0.4 is 20.5 Å². The molecule has 0 aliphatic rings. The summed E-state index contributed by atoms with van der Waals surface area (Å²) in [5, 5.41) is 3.41. The van der Waals surface area contributed by atoms with Gasteiger partial charge in [-0.15, -0.1) is 11.3 Å². The van der Waals surface area contributed by atoms with Gasteiger partial charge < -0.3 is 20.5 Å². The van der Waals surface area contributed by atoms with E-state index in [1.165, 1.54) is 17.4 Å². The molecule has 0 atom stereocenters. The number of aromatic nitrogens is 1. The summed E-state index contributed by atoms with van der Waals surface area (Å²) in [5.41, 5.74) is 9.05. The first-order valence-corrected chi connectivity index (χ1v) is 11.2. The van der Waals surface area contributed by atoms with Crippen molar-refractivity contribution >= 4 is 50.7 Å². The van der Waals surface area contributed by atoms with Gasteiger partial charge in [-0.3, -0.25) is 9.59 Å². The van der Waals surface area contributed by atoms with Crippen molar-refractivity contribution in [3.05, 3.63) is 82.4 Å². The smallest absolute Gasteiger partial charge is 0.267 e. The monoisotopic (exact) mass is 473 g/mol. The number of nitrogens with two attached hydrogens (primary N) is 1. The summed E-state index contributed by atoms with van der Waals surface area (Å²) in [4.78, 5) is 31.2. The number of carbonyl (C=O) groups is 2. The maximum atomic E-state index is 12.9. The van der Waals surface area contributed by atoms with Crippen LogP contribution in [-0.2, 0) is 0 Å². The highest BCUT2D eigenvalue weighted by Crippen LogP contribution is 2.34. The van der Waals surface area contributed by atoms with Crippen LogP contribution in [0, 0.1) is 6.92 Å². The summed E-state index contributed by atoms with van der Waals surface area (Å²) >= 11 is 1.19. The number of hydrogen-bond donors (Lipinski definition) is 2. The molecule has 0 saturated carbocycles. The Balaban J connectivity index is 1.60. The standard InChI is InChI=1S/C26H23N3O4S/c1-15-20(22(30)12-7-16-5-4-6-19(13-16)33-3)14-21-23(27)24(34-26(21)28-15)25(31)29-17-8-10-18(32-2)11-9-17/h4-14H,27H2,1-3H3,(H,29,31)/b12-7+. The van der Waals surface area contributed by atoms with Gasteiger partial charge in [0.2, 0.25) is 0 Å². The second-order valence-corrected chi connectivity index (χ2v) is 8.47. The number of ether oxygens (including phenoxy) is 2. The number of benzene rings is 2. The second kappa shape index (κ2) is 9.76. The SMILES string of the molecule is COc1ccc(NC(=O)c2sc3nc(C)c(C(=O)/C=C/c4cccc(OC)c4)cc3c2N)cc1. The van der Waals surface area contributed by atoms with Crippen LogP contribution in [-0.4, -0.2) is 30.9 Å². The molecule has 0 bridgehead atoms. The molecule has 2 aromatic carbocycles. The number of pyridine rings is 1. The lowest BCUT2D eigenvalue weighted by atomic mass is 10.1. The summed E-state index contributed by atoms with van der Waals surface area (Å²) in [6.07, 6.45) is 3.21. The van der Waals surface area contributed by atoms with Crippen molar-refractivity contribution in [3.8, 4) is 11.5 Å². The van der Waals surface area contributed by atoms with Gasteiger partial charge in [0, 0.05) is 16.6 Å². The molecule has 2 aromatic heterocycles. The highest BCUT2D eigenvalue weighted by Gasteiger charge is 2.20. The number of thiophene rings is 1. The van der Waals surface area contributed by atoms with Gasteiger partial charge in [0.05, 0.1) is 25.6 Å². The van der Waals surface area contributed by atoms with E-state index in [2.05, 4.69) is 10.3 Å². The zero-order valence-corrected chi connectivity index (χ0v) is 19.7. The third-order valence-electron chi connectivity index (χ3n) is 5.25. The molecule has 7 nitrogen and oxygen atoms in total.